The van der Waals surface area contributed by atoms with E-state index in [-0.39, 0.29) is 23.7 Å². The normalized spacial score (nSPS) is 18.0. The lowest BCUT2D eigenvalue weighted by Gasteiger charge is -2.32. The van der Waals surface area contributed by atoms with Gasteiger partial charge in [0, 0.05) is 16.3 Å². The van der Waals surface area contributed by atoms with Crippen molar-refractivity contribution >= 4 is 34.5 Å². The van der Waals surface area contributed by atoms with Gasteiger partial charge in [-0.05, 0) is 55.8 Å². The summed E-state index contributed by atoms with van der Waals surface area (Å²) >= 11 is 0. The van der Waals surface area contributed by atoms with E-state index in [0.29, 0.717) is 0 Å². The predicted octanol–water partition coefficient (Wildman–Crippen LogP) is 6.85. The minimum atomic E-state index is -0.384. The molecule has 164 valence electrons. The number of benzene rings is 3. The predicted molar refractivity (Wildman–Crippen MR) is 134 cm³/mol. The standard InChI is InChI=1S/C28H31BO3/c1-26(2,3)22-16-15-20(24-21-13-8-9-14-23(21)30-25(22)24)18-11-10-12-19(17-18)29-31-27(4,5)28(6,7)32-29/h8-17H,1-7H3. The Morgan fingerprint density at radius 3 is 2.16 bits per heavy atom. The zero-order valence-electron chi connectivity index (χ0n) is 20.1. The average molecular weight is 426 g/mol. The third-order valence-corrected chi connectivity index (χ3v) is 7.06. The highest BCUT2D eigenvalue weighted by molar-refractivity contribution is 6.62. The molecule has 1 saturated heterocycles. The Kier molecular flexibility index (Phi) is 4.64. The highest BCUT2D eigenvalue weighted by atomic mass is 16.7. The summed E-state index contributed by atoms with van der Waals surface area (Å²) in [5.74, 6) is 0. The minimum Gasteiger partial charge on any atom is -0.456 e. The molecule has 0 saturated carbocycles. The van der Waals surface area contributed by atoms with Gasteiger partial charge in [-0.2, -0.15) is 0 Å². The maximum Gasteiger partial charge on any atom is 0.494 e. The van der Waals surface area contributed by atoms with Crippen molar-refractivity contribution < 1.29 is 13.7 Å². The summed E-state index contributed by atoms with van der Waals surface area (Å²) in [5.41, 5.74) is 5.68. The number of rotatable bonds is 2. The third kappa shape index (κ3) is 3.28. The first-order valence-electron chi connectivity index (χ1n) is 11.4. The van der Waals surface area contributed by atoms with Crippen LogP contribution in [0.3, 0.4) is 0 Å². The van der Waals surface area contributed by atoms with Gasteiger partial charge in [0.05, 0.1) is 11.2 Å². The van der Waals surface area contributed by atoms with Crippen molar-refractivity contribution in [2.24, 2.45) is 0 Å². The molecule has 1 aliphatic rings. The van der Waals surface area contributed by atoms with E-state index in [0.717, 1.165) is 33.1 Å². The molecule has 0 N–H and O–H groups in total. The highest BCUT2D eigenvalue weighted by Gasteiger charge is 2.51. The summed E-state index contributed by atoms with van der Waals surface area (Å²) < 4.78 is 19.0. The van der Waals surface area contributed by atoms with Gasteiger partial charge in [-0.25, -0.2) is 0 Å². The quantitative estimate of drug-likeness (QED) is 0.329. The van der Waals surface area contributed by atoms with Crippen LogP contribution in [0.5, 0.6) is 0 Å². The second kappa shape index (κ2) is 6.97. The zero-order chi connectivity index (χ0) is 22.9. The second-order valence-corrected chi connectivity index (χ2v) is 10.9. The van der Waals surface area contributed by atoms with Gasteiger partial charge in [-0.15, -0.1) is 0 Å². The third-order valence-electron chi connectivity index (χ3n) is 7.06. The minimum absolute atomic E-state index is 0.0187. The first-order valence-corrected chi connectivity index (χ1v) is 11.4. The van der Waals surface area contributed by atoms with E-state index in [1.54, 1.807) is 0 Å². The molecule has 0 radical (unpaired) electrons. The van der Waals surface area contributed by atoms with Crippen molar-refractivity contribution in [2.75, 3.05) is 0 Å². The zero-order valence-corrected chi connectivity index (χ0v) is 20.1. The molecular formula is C28H31BO3. The van der Waals surface area contributed by atoms with Gasteiger partial charge in [0.25, 0.3) is 0 Å². The van der Waals surface area contributed by atoms with Crippen LogP contribution < -0.4 is 5.46 Å². The molecular weight excluding hydrogens is 395 g/mol. The highest BCUT2D eigenvalue weighted by Crippen LogP contribution is 2.42. The summed E-state index contributed by atoms with van der Waals surface area (Å²) in [6.07, 6.45) is 0. The first kappa shape index (κ1) is 21.3. The van der Waals surface area contributed by atoms with E-state index in [4.69, 9.17) is 13.7 Å². The molecule has 3 nitrogen and oxygen atoms in total. The van der Waals surface area contributed by atoms with Gasteiger partial charge in [-0.3, -0.25) is 0 Å². The van der Waals surface area contributed by atoms with Crippen molar-refractivity contribution in [3.63, 3.8) is 0 Å². The Hall–Kier alpha value is -2.56. The molecule has 0 spiro atoms. The smallest absolute Gasteiger partial charge is 0.456 e. The molecule has 0 unspecified atom stereocenters. The van der Waals surface area contributed by atoms with Gasteiger partial charge >= 0.3 is 7.12 Å². The van der Waals surface area contributed by atoms with E-state index in [1.165, 1.54) is 10.9 Å². The van der Waals surface area contributed by atoms with E-state index >= 15 is 0 Å². The summed E-state index contributed by atoms with van der Waals surface area (Å²) in [4.78, 5) is 0. The second-order valence-electron chi connectivity index (χ2n) is 10.9. The Balaban J connectivity index is 1.69. The lowest BCUT2D eigenvalue weighted by atomic mass is 9.77. The van der Waals surface area contributed by atoms with Crippen LogP contribution in [0.1, 0.15) is 54.0 Å². The van der Waals surface area contributed by atoms with Crippen molar-refractivity contribution in [1.82, 2.24) is 0 Å². The molecule has 0 atom stereocenters. The average Bonchev–Trinajstić information content (AvgIpc) is 3.20. The fourth-order valence-corrected chi connectivity index (χ4v) is 4.49. The largest absolute Gasteiger partial charge is 0.494 e. The molecule has 2 heterocycles. The maximum atomic E-state index is 6.41. The monoisotopic (exact) mass is 426 g/mol. The fraction of sp³-hybridized carbons (Fsp3) is 0.357. The number of fused-ring (bicyclic) bond motifs is 3. The van der Waals surface area contributed by atoms with Crippen LogP contribution in [0.2, 0.25) is 0 Å². The summed E-state index contributed by atoms with van der Waals surface area (Å²) in [6.45, 7) is 15.0. The number of hydrogen-bond acceptors (Lipinski definition) is 3. The summed E-state index contributed by atoms with van der Waals surface area (Å²) in [5, 5.41) is 2.31. The lowest BCUT2D eigenvalue weighted by molar-refractivity contribution is 0.00578. The van der Waals surface area contributed by atoms with Gasteiger partial charge in [0.1, 0.15) is 11.2 Å². The molecule has 1 aromatic heterocycles. The lowest BCUT2D eigenvalue weighted by Crippen LogP contribution is -2.41. The van der Waals surface area contributed by atoms with Crippen molar-refractivity contribution in [2.45, 2.75) is 65.1 Å². The van der Waals surface area contributed by atoms with E-state index in [9.17, 15) is 0 Å². The van der Waals surface area contributed by atoms with Crippen LogP contribution in [-0.4, -0.2) is 18.3 Å². The Labute approximate surface area is 190 Å². The molecule has 1 fully saturated rings. The van der Waals surface area contributed by atoms with E-state index < -0.39 is 0 Å². The Bertz CT molecular complexity index is 1310. The van der Waals surface area contributed by atoms with Crippen LogP contribution in [-0.2, 0) is 14.7 Å². The summed E-state index contributed by atoms with van der Waals surface area (Å²) in [6, 6.07) is 21.3. The molecule has 3 aromatic carbocycles. The van der Waals surface area contributed by atoms with Crippen LogP contribution >= 0.6 is 0 Å². The van der Waals surface area contributed by atoms with E-state index in [2.05, 4.69) is 97.0 Å². The van der Waals surface area contributed by atoms with Crippen molar-refractivity contribution in [3.8, 4) is 11.1 Å². The molecule has 4 heteroatoms. The van der Waals surface area contributed by atoms with Gasteiger partial charge in [0.2, 0.25) is 0 Å². The summed E-state index contributed by atoms with van der Waals surface area (Å²) in [7, 11) is -0.384. The van der Waals surface area contributed by atoms with Crippen LogP contribution in [0, 0.1) is 0 Å². The maximum absolute atomic E-state index is 6.41. The molecule has 1 aliphatic heterocycles. The number of para-hydroxylation sites is 1. The van der Waals surface area contributed by atoms with Gasteiger partial charge in [0.15, 0.2) is 0 Å². The van der Waals surface area contributed by atoms with Gasteiger partial charge in [-0.1, -0.05) is 75.4 Å². The van der Waals surface area contributed by atoms with Crippen LogP contribution in [0.4, 0.5) is 0 Å². The fourth-order valence-electron chi connectivity index (χ4n) is 4.49. The molecule has 0 amide bonds. The first-order chi connectivity index (χ1) is 15.0. The number of hydrogen-bond donors (Lipinski definition) is 0. The van der Waals surface area contributed by atoms with Gasteiger partial charge < -0.3 is 13.7 Å². The van der Waals surface area contributed by atoms with Crippen LogP contribution in [0.25, 0.3) is 33.1 Å². The molecule has 4 aromatic rings. The van der Waals surface area contributed by atoms with Crippen LogP contribution in [0.15, 0.2) is 65.1 Å². The van der Waals surface area contributed by atoms with Crippen molar-refractivity contribution in [1.29, 1.82) is 0 Å². The molecule has 5 rings (SSSR count). The van der Waals surface area contributed by atoms with E-state index in [1.807, 2.05) is 12.1 Å². The molecule has 32 heavy (non-hydrogen) atoms. The SMILES string of the molecule is CC(C)(C)c1ccc(-c2cccc(B3OC(C)(C)C(C)(C)O3)c2)c2c1oc1ccccc12. The molecule has 0 bridgehead atoms. The van der Waals surface area contributed by atoms with Crippen molar-refractivity contribution in [3.05, 3.63) is 66.2 Å². The Morgan fingerprint density at radius 1 is 0.781 bits per heavy atom. The topological polar surface area (TPSA) is 31.6 Å². The Morgan fingerprint density at radius 2 is 1.47 bits per heavy atom. The number of furan rings is 1. The molecule has 0 aliphatic carbocycles.